The van der Waals surface area contributed by atoms with E-state index in [1.807, 2.05) is 6.07 Å². The molecule has 0 bridgehead atoms. The predicted octanol–water partition coefficient (Wildman–Crippen LogP) is -0.284. The zero-order chi connectivity index (χ0) is 9.68. The van der Waals surface area contributed by atoms with E-state index >= 15 is 0 Å². The maximum Gasteiger partial charge on any atom is 0.141 e. The van der Waals surface area contributed by atoms with Crippen LogP contribution in [-0.4, -0.2) is 11.0 Å². The molecule has 1 rings (SSSR count). The molecule has 0 atom stereocenters. The van der Waals surface area contributed by atoms with Crippen LogP contribution in [0.4, 0.5) is 0 Å². The standard InChI is InChI=1S/C9H6N2O2/c10-6-8-3-1-2-7(11-8)4-5-9(12)13/h1-5H,(H,12,13)/p-1/b5-4+. The van der Waals surface area contributed by atoms with Gasteiger partial charge in [0, 0.05) is 0 Å². The molecule has 0 aliphatic rings. The summed E-state index contributed by atoms with van der Waals surface area (Å²) >= 11 is 0. The molecule has 0 saturated heterocycles. The van der Waals surface area contributed by atoms with Crippen molar-refractivity contribution in [3.05, 3.63) is 35.7 Å². The van der Waals surface area contributed by atoms with Crippen molar-refractivity contribution in [3.63, 3.8) is 0 Å². The lowest BCUT2D eigenvalue weighted by atomic mass is 10.3. The normalized spacial score (nSPS) is 9.77. The average molecular weight is 173 g/mol. The van der Waals surface area contributed by atoms with Gasteiger partial charge in [-0.1, -0.05) is 6.07 Å². The Kier molecular flexibility index (Phi) is 2.77. The number of nitriles is 1. The maximum absolute atomic E-state index is 10.0. The van der Waals surface area contributed by atoms with Crippen molar-refractivity contribution >= 4 is 12.0 Å². The molecule has 0 amide bonds. The fraction of sp³-hybridized carbons (Fsp3) is 0. The number of aromatic nitrogens is 1. The molecular formula is C9H5N2O2-. The van der Waals surface area contributed by atoms with Crippen LogP contribution in [0.2, 0.25) is 0 Å². The minimum Gasteiger partial charge on any atom is -0.545 e. The van der Waals surface area contributed by atoms with Crippen LogP contribution in [0.15, 0.2) is 24.3 Å². The summed E-state index contributed by atoms with van der Waals surface area (Å²) in [5.74, 6) is -1.29. The Hall–Kier alpha value is -2.15. The molecule has 13 heavy (non-hydrogen) atoms. The highest BCUT2D eigenvalue weighted by atomic mass is 16.4. The van der Waals surface area contributed by atoms with Gasteiger partial charge in [0.25, 0.3) is 0 Å². The SMILES string of the molecule is N#Cc1cccc(/C=C/C(=O)[O-])n1. The van der Waals surface area contributed by atoms with Crippen molar-refractivity contribution in [2.24, 2.45) is 0 Å². The number of carboxylic acids is 1. The van der Waals surface area contributed by atoms with Crippen molar-refractivity contribution in [3.8, 4) is 6.07 Å². The van der Waals surface area contributed by atoms with Gasteiger partial charge in [-0.15, -0.1) is 0 Å². The summed E-state index contributed by atoms with van der Waals surface area (Å²) in [5.41, 5.74) is 0.670. The number of aliphatic carboxylic acids is 1. The summed E-state index contributed by atoms with van der Waals surface area (Å²) in [6.45, 7) is 0. The van der Waals surface area contributed by atoms with Crippen LogP contribution in [0.3, 0.4) is 0 Å². The molecule has 0 aromatic carbocycles. The lowest BCUT2D eigenvalue weighted by Gasteiger charge is -1.93. The fourth-order valence-electron chi connectivity index (χ4n) is 0.760. The van der Waals surface area contributed by atoms with Gasteiger partial charge in [0.15, 0.2) is 0 Å². The quantitative estimate of drug-likeness (QED) is 0.576. The van der Waals surface area contributed by atoms with Crippen LogP contribution in [-0.2, 0) is 4.79 Å². The van der Waals surface area contributed by atoms with E-state index in [0.29, 0.717) is 5.69 Å². The number of hydrogen-bond acceptors (Lipinski definition) is 4. The number of hydrogen-bond donors (Lipinski definition) is 0. The molecular weight excluding hydrogens is 168 g/mol. The monoisotopic (exact) mass is 173 g/mol. The third-order valence-corrected chi connectivity index (χ3v) is 1.28. The summed E-state index contributed by atoms with van der Waals surface area (Å²) in [4.78, 5) is 13.9. The van der Waals surface area contributed by atoms with Gasteiger partial charge >= 0.3 is 0 Å². The number of carbonyl (C=O) groups excluding carboxylic acids is 1. The van der Waals surface area contributed by atoms with Crippen LogP contribution in [0.1, 0.15) is 11.4 Å². The summed E-state index contributed by atoms with van der Waals surface area (Å²) in [5, 5.41) is 18.5. The molecule has 0 saturated carbocycles. The molecule has 4 heteroatoms. The Balaban J connectivity index is 2.91. The lowest BCUT2D eigenvalue weighted by Crippen LogP contribution is -2.18. The predicted molar refractivity (Wildman–Crippen MR) is 43.0 cm³/mol. The Morgan fingerprint density at radius 2 is 2.38 bits per heavy atom. The summed E-state index contributed by atoms with van der Waals surface area (Å²) in [6.07, 6.45) is 2.14. The number of nitrogens with zero attached hydrogens (tertiary/aromatic N) is 2. The van der Waals surface area contributed by atoms with Gasteiger partial charge in [0.1, 0.15) is 11.8 Å². The first-order chi connectivity index (χ1) is 6.22. The fourth-order valence-corrected chi connectivity index (χ4v) is 0.760. The largest absolute Gasteiger partial charge is 0.545 e. The molecule has 0 unspecified atom stereocenters. The first-order valence-corrected chi connectivity index (χ1v) is 3.48. The first-order valence-electron chi connectivity index (χ1n) is 3.48. The van der Waals surface area contributed by atoms with Crippen molar-refractivity contribution in [1.82, 2.24) is 4.98 Å². The van der Waals surface area contributed by atoms with Gasteiger partial charge in [-0.3, -0.25) is 0 Å². The van der Waals surface area contributed by atoms with E-state index < -0.39 is 5.97 Å². The van der Waals surface area contributed by atoms with Crippen molar-refractivity contribution < 1.29 is 9.90 Å². The molecule has 0 fully saturated rings. The van der Waals surface area contributed by atoms with E-state index in [2.05, 4.69) is 4.98 Å². The number of carboxylic acid groups (broad SMARTS) is 1. The zero-order valence-corrected chi connectivity index (χ0v) is 6.60. The van der Waals surface area contributed by atoms with E-state index in [-0.39, 0.29) is 5.69 Å². The molecule has 1 aromatic rings. The van der Waals surface area contributed by atoms with Gasteiger partial charge in [-0.2, -0.15) is 5.26 Å². The van der Waals surface area contributed by atoms with Gasteiger partial charge < -0.3 is 9.90 Å². The van der Waals surface area contributed by atoms with Crippen molar-refractivity contribution in [2.45, 2.75) is 0 Å². The van der Waals surface area contributed by atoms with E-state index in [1.165, 1.54) is 12.1 Å². The minimum absolute atomic E-state index is 0.250. The van der Waals surface area contributed by atoms with E-state index in [4.69, 9.17) is 5.26 Å². The Labute approximate surface area is 74.8 Å². The van der Waals surface area contributed by atoms with Gasteiger partial charge in [0.2, 0.25) is 0 Å². The second kappa shape index (κ2) is 4.02. The molecule has 0 radical (unpaired) electrons. The molecule has 4 nitrogen and oxygen atoms in total. The van der Waals surface area contributed by atoms with E-state index in [0.717, 1.165) is 6.08 Å². The molecule has 0 aliphatic heterocycles. The third kappa shape index (κ3) is 2.75. The molecule has 64 valence electrons. The van der Waals surface area contributed by atoms with E-state index in [1.54, 1.807) is 12.1 Å². The lowest BCUT2D eigenvalue weighted by molar-refractivity contribution is -0.297. The number of rotatable bonds is 2. The highest BCUT2D eigenvalue weighted by Crippen LogP contribution is 1.99. The smallest absolute Gasteiger partial charge is 0.141 e. The van der Waals surface area contributed by atoms with Crippen LogP contribution in [0.25, 0.3) is 6.08 Å². The van der Waals surface area contributed by atoms with Crippen LogP contribution in [0.5, 0.6) is 0 Å². The molecule has 1 aromatic heterocycles. The Bertz CT molecular complexity index is 391. The second-order valence-corrected chi connectivity index (χ2v) is 2.21. The first kappa shape index (κ1) is 8.94. The molecule has 0 aliphatic carbocycles. The summed E-state index contributed by atoms with van der Waals surface area (Å²) < 4.78 is 0. The van der Waals surface area contributed by atoms with Gasteiger partial charge in [-0.25, -0.2) is 4.98 Å². The highest BCUT2D eigenvalue weighted by Gasteiger charge is 1.91. The summed E-state index contributed by atoms with van der Waals surface area (Å²) in [7, 11) is 0. The average Bonchev–Trinajstić information content (AvgIpc) is 2.15. The van der Waals surface area contributed by atoms with Crippen LogP contribution >= 0.6 is 0 Å². The maximum atomic E-state index is 10.0. The van der Waals surface area contributed by atoms with E-state index in [9.17, 15) is 9.90 Å². The van der Waals surface area contributed by atoms with Gasteiger partial charge in [-0.05, 0) is 24.3 Å². The highest BCUT2D eigenvalue weighted by molar-refractivity contribution is 5.83. The molecule has 0 spiro atoms. The number of pyridine rings is 1. The van der Waals surface area contributed by atoms with Crippen LogP contribution < -0.4 is 5.11 Å². The minimum atomic E-state index is -1.29. The Morgan fingerprint density at radius 1 is 1.62 bits per heavy atom. The van der Waals surface area contributed by atoms with Crippen molar-refractivity contribution in [2.75, 3.05) is 0 Å². The number of carbonyl (C=O) groups is 1. The third-order valence-electron chi connectivity index (χ3n) is 1.28. The van der Waals surface area contributed by atoms with Crippen LogP contribution in [0, 0.1) is 11.3 Å². The molecule has 1 heterocycles. The van der Waals surface area contributed by atoms with Gasteiger partial charge in [0.05, 0.1) is 11.7 Å². The second-order valence-electron chi connectivity index (χ2n) is 2.21. The Morgan fingerprint density at radius 3 is 3.00 bits per heavy atom. The summed E-state index contributed by atoms with van der Waals surface area (Å²) in [6, 6.07) is 6.61. The topological polar surface area (TPSA) is 76.8 Å². The van der Waals surface area contributed by atoms with Crippen molar-refractivity contribution in [1.29, 1.82) is 5.26 Å². The molecule has 0 N–H and O–H groups in total. The zero-order valence-electron chi connectivity index (χ0n) is 6.60.